The zero-order valence-corrected chi connectivity index (χ0v) is 14.1. The van der Waals surface area contributed by atoms with E-state index in [0.29, 0.717) is 18.7 Å². The molecule has 4 heteroatoms. The molecule has 4 nitrogen and oxygen atoms in total. The summed E-state index contributed by atoms with van der Waals surface area (Å²) in [6.45, 7) is 4.78. The zero-order valence-electron chi connectivity index (χ0n) is 14.1. The summed E-state index contributed by atoms with van der Waals surface area (Å²) >= 11 is 0. The molecule has 1 aliphatic rings. The highest BCUT2D eigenvalue weighted by Gasteiger charge is 2.35. The molecular formula is C20H24N2O2. The molecule has 2 aromatic carbocycles. The Morgan fingerprint density at radius 3 is 2.50 bits per heavy atom. The summed E-state index contributed by atoms with van der Waals surface area (Å²) in [7, 11) is 0. The van der Waals surface area contributed by atoms with E-state index in [2.05, 4.69) is 6.92 Å². The van der Waals surface area contributed by atoms with Gasteiger partial charge in [0.25, 0.3) is 5.91 Å². The van der Waals surface area contributed by atoms with Crippen molar-refractivity contribution in [1.82, 2.24) is 4.90 Å². The van der Waals surface area contributed by atoms with Crippen LogP contribution in [0.25, 0.3) is 0 Å². The van der Waals surface area contributed by atoms with Crippen LogP contribution in [0.5, 0.6) is 5.75 Å². The maximum absolute atomic E-state index is 12.6. The van der Waals surface area contributed by atoms with E-state index in [1.54, 1.807) is 0 Å². The van der Waals surface area contributed by atoms with Crippen molar-refractivity contribution in [2.24, 2.45) is 11.1 Å². The second kappa shape index (κ2) is 7.05. The number of hydrogen-bond acceptors (Lipinski definition) is 3. The highest BCUT2D eigenvalue weighted by Crippen LogP contribution is 2.29. The first-order chi connectivity index (χ1) is 11.6. The van der Waals surface area contributed by atoms with Crippen LogP contribution in [0.3, 0.4) is 0 Å². The molecule has 1 aliphatic heterocycles. The van der Waals surface area contributed by atoms with E-state index in [1.807, 2.05) is 59.5 Å². The van der Waals surface area contributed by atoms with Gasteiger partial charge < -0.3 is 15.4 Å². The topological polar surface area (TPSA) is 55.6 Å². The van der Waals surface area contributed by atoms with Crippen LogP contribution in [-0.2, 0) is 6.61 Å². The number of carbonyl (C=O) groups is 1. The second-order valence-electron chi connectivity index (χ2n) is 6.79. The van der Waals surface area contributed by atoms with Gasteiger partial charge in [0.15, 0.2) is 0 Å². The molecule has 1 heterocycles. The Kier molecular flexibility index (Phi) is 4.86. The number of benzene rings is 2. The second-order valence-corrected chi connectivity index (χ2v) is 6.79. The smallest absolute Gasteiger partial charge is 0.253 e. The van der Waals surface area contributed by atoms with Crippen molar-refractivity contribution in [3.8, 4) is 5.75 Å². The van der Waals surface area contributed by atoms with Gasteiger partial charge in [0.2, 0.25) is 0 Å². The van der Waals surface area contributed by atoms with Gasteiger partial charge in [-0.2, -0.15) is 0 Å². The lowest BCUT2D eigenvalue weighted by molar-refractivity contribution is 0.0777. The summed E-state index contributed by atoms with van der Waals surface area (Å²) in [5.41, 5.74) is 7.68. The van der Waals surface area contributed by atoms with E-state index in [9.17, 15) is 4.79 Å². The van der Waals surface area contributed by atoms with Crippen LogP contribution in [-0.4, -0.2) is 30.4 Å². The normalized spacial score (nSPS) is 20.2. The fourth-order valence-electron chi connectivity index (χ4n) is 2.98. The van der Waals surface area contributed by atoms with Gasteiger partial charge in [-0.3, -0.25) is 4.79 Å². The Labute approximate surface area is 143 Å². The molecule has 0 bridgehead atoms. The number of amides is 1. The quantitative estimate of drug-likeness (QED) is 0.919. The van der Waals surface area contributed by atoms with Gasteiger partial charge in [0.1, 0.15) is 12.4 Å². The van der Waals surface area contributed by atoms with Gasteiger partial charge in [0.05, 0.1) is 0 Å². The molecule has 1 fully saturated rings. The molecule has 2 N–H and O–H groups in total. The maximum atomic E-state index is 12.6. The summed E-state index contributed by atoms with van der Waals surface area (Å²) < 4.78 is 5.76. The summed E-state index contributed by atoms with van der Waals surface area (Å²) in [5, 5.41) is 0. The Balaban J connectivity index is 1.59. The van der Waals surface area contributed by atoms with Crippen molar-refractivity contribution in [2.45, 2.75) is 20.0 Å². The first-order valence-corrected chi connectivity index (χ1v) is 8.36. The van der Waals surface area contributed by atoms with Crippen LogP contribution in [0, 0.1) is 5.41 Å². The van der Waals surface area contributed by atoms with Gasteiger partial charge in [-0.25, -0.2) is 0 Å². The Hall–Kier alpha value is -2.33. The third-order valence-corrected chi connectivity index (χ3v) is 4.69. The van der Waals surface area contributed by atoms with Gasteiger partial charge in [-0.1, -0.05) is 37.3 Å². The number of nitrogens with two attached hydrogens (primary N) is 1. The summed E-state index contributed by atoms with van der Waals surface area (Å²) in [5.74, 6) is 0.838. The van der Waals surface area contributed by atoms with Crippen molar-refractivity contribution >= 4 is 5.91 Å². The molecule has 1 unspecified atom stereocenters. The lowest BCUT2D eigenvalue weighted by Gasteiger charge is -2.22. The molecule has 2 aromatic rings. The molecule has 0 radical (unpaired) electrons. The van der Waals surface area contributed by atoms with Crippen LogP contribution >= 0.6 is 0 Å². The van der Waals surface area contributed by atoms with Crippen molar-refractivity contribution in [3.63, 3.8) is 0 Å². The monoisotopic (exact) mass is 324 g/mol. The van der Waals surface area contributed by atoms with E-state index in [-0.39, 0.29) is 11.3 Å². The number of ether oxygens (including phenoxy) is 1. The van der Waals surface area contributed by atoms with Crippen molar-refractivity contribution in [3.05, 3.63) is 65.7 Å². The predicted octanol–water partition coefficient (Wildman–Crippen LogP) is 3.08. The Morgan fingerprint density at radius 2 is 1.88 bits per heavy atom. The molecular weight excluding hydrogens is 300 g/mol. The molecule has 1 amide bonds. The SMILES string of the molecule is CC1(CN)CCN(C(=O)c2ccc(OCc3ccccc3)cc2)C1. The largest absolute Gasteiger partial charge is 0.489 e. The van der Waals surface area contributed by atoms with Crippen LogP contribution in [0.15, 0.2) is 54.6 Å². The van der Waals surface area contributed by atoms with Crippen molar-refractivity contribution in [2.75, 3.05) is 19.6 Å². The lowest BCUT2D eigenvalue weighted by Crippen LogP contribution is -2.34. The summed E-state index contributed by atoms with van der Waals surface area (Å²) in [6, 6.07) is 17.4. The number of likely N-dealkylation sites (tertiary alicyclic amines) is 1. The van der Waals surface area contributed by atoms with E-state index >= 15 is 0 Å². The summed E-state index contributed by atoms with van der Waals surface area (Å²) in [4.78, 5) is 14.5. The number of carbonyl (C=O) groups excluding carboxylic acids is 1. The molecule has 0 saturated carbocycles. The molecule has 1 atom stereocenters. The fraction of sp³-hybridized carbons (Fsp3) is 0.350. The molecule has 1 saturated heterocycles. The Morgan fingerprint density at radius 1 is 1.17 bits per heavy atom. The lowest BCUT2D eigenvalue weighted by atomic mass is 9.90. The van der Waals surface area contributed by atoms with Gasteiger partial charge in [-0.05, 0) is 48.2 Å². The number of hydrogen-bond donors (Lipinski definition) is 1. The average Bonchev–Trinajstić information content (AvgIpc) is 3.04. The minimum absolute atomic E-state index is 0.0500. The van der Waals surface area contributed by atoms with E-state index in [0.717, 1.165) is 30.8 Å². The minimum Gasteiger partial charge on any atom is -0.489 e. The highest BCUT2D eigenvalue weighted by atomic mass is 16.5. The van der Waals surface area contributed by atoms with Crippen molar-refractivity contribution < 1.29 is 9.53 Å². The van der Waals surface area contributed by atoms with Crippen LogP contribution < -0.4 is 10.5 Å². The molecule has 0 aliphatic carbocycles. The van der Waals surface area contributed by atoms with Gasteiger partial charge in [0, 0.05) is 18.7 Å². The molecule has 126 valence electrons. The highest BCUT2D eigenvalue weighted by molar-refractivity contribution is 5.94. The predicted molar refractivity (Wildman–Crippen MR) is 94.9 cm³/mol. The van der Waals surface area contributed by atoms with E-state index in [4.69, 9.17) is 10.5 Å². The maximum Gasteiger partial charge on any atom is 0.253 e. The fourth-order valence-corrected chi connectivity index (χ4v) is 2.98. The Bertz CT molecular complexity index is 685. The van der Waals surface area contributed by atoms with Crippen LogP contribution in [0.4, 0.5) is 0 Å². The third-order valence-electron chi connectivity index (χ3n) is 4.69. The first-order valence-electron chi connectivity index (χ1n) is 8.36. The molecule has 3 rings (SSSR count). The van der Waals surface area contributed by atoms with Gasteiger partial charge in [-0.15, -0.1) is 0 Å². The number of nitrogens with zero attached hydrogens (tertiary/aromatic N) is 1. The third kappa shape index (κ3) is 3.77. The molecule has 0 aromatic heterocycles. The average molecular weight is 324 g/mol. The molecule has 24 heavy (non-hydrogen) atoms. The van der Waals surface area contributed by atoms with E-state index in [1.165, 1.54) is 0 Å². The molecule has 0 spiro atoms. The van der Waals surface area contributed by atoms with Gasteiger partial charge >= 0.3 is 0 Å². The standard InChI is InChI=1S/C20H24N2O2/c1-20(14-21)11-12-22(15-20)19(23)17-7-9-18(10-8-17)24-13-16-5-3-2-4-6-16/h2-10H,11-15,21H2,1H3. The van der Waals surface area contributed by atoms with Crippen molar-refractivity contribution in [1.29, 1.82) is 0 Å². The summed E-state index contributed by atoms with van der Waals surface area (Å²) in [6.07, 6.45) is 0.966. The first kappa shape index (κ1) is 16.5. The zero-order chi connectivity index (χ0) is 17.0. The minimum atomic E-state index is 0.0500. The van der Waals surface area contributed by atoms with Crippen LogP contribution in [0.2, 0.25) is 0 Å². The van der Waals surface area contributed by atoms with E-state index < -0.39 is 0 Å². The van der Waals surface area contributed by atoms with Crippen LogP contribution in [0.1, 0.15) is 29.3 Å². The number of rotatable bonds is 5.